The average molecular weight is 247 g/mol. The highest BCUT2D eigenvalue weighted by atomic mass is 16.1. The summed E-state index contributed by atoms with van der Waals surface area (Å²) in [5.74, 6) is 2.95. The molecular weight excluding hydrogens is 222 g/mol. The van der Waals surface area contributed by atoms with Crippen LogP contribution in [0.2, 0.25) is 0 Å². The molecule has 4 aliphatic rings. The van der Waals surface area contributed by atoms with Gasteiger partial charge in [-0.3, -0.25) is 4.79 Å². The third-order valence-corrected chi connectivity index (χ3v) is 5.68. The van der Waals surface area contributed by atoms with Gasteiger partial charge in [0.1, 0.15) is 0 Å². The van der Waals surface area contributed by atoms with Crippen molar-refractivity contribution in [2.75, 3.05) is 0 Å². The van der Waals surface area contributed by atoms with Crippen molar-refractivity contribution in [2.24, 2.45) is 23.2 Å². The van der Waals surface area contributed by atoms with Gasteiger partial charge in [-0.1, -0.05) is 6.08 Å². The summed E-state index contributed by atoms with van der Waals surface area (Å²) in [6.07, 6.45) is 11.9. The number of hydrogen-bond donors (Lipinski definition) is 1. The third kappa shape index (κ3) is 2.00. The van der Waals surface area contributed by atoms with Gasteiger partial charge in [0.05, 0.1) is 0 Å². The molecule has 2 nitrogen and oxygen atoms in total. The van der Waals surface area contributed by atoms with E-state index in [0.717, 1.165) is 17.8 Å². The van der Waals surface area contributed by atoms with Crippen LogP contribution in [0.15, 0.2) is 12.2 Å². The minimum Gasteiger partial charge on any atom is -0.350 e. The SMILES string of the molecule is CC=CC(=O)NC(C)C12CC3CC(CC(C3)C1)C2. The summed E-state index contributed by atoms with van der Waals surface area (Å²) in [6.45, 7) is 4.13. The van der Waals surface area contributed by atoms with Gasteiger partial charge < -0.3 is 5.32 Å². The fourth-order valence-electron chi connectivity index (χ4n) is 5.27. The topological polar surface area (TPSA) is 29.1 Å². The minimum atomic E-state index is 0.0840. The van der Waals surface area contributed by atoms with Gasteiger partial charge in [-0.15, -0.1) is 0 Å². The molecule has 100 valence electrons. The lowest BCUT2D eigenvalue weighted by Crippen LogP contribution is -2.55. The molecule has 4 aliphatic carbocycles. The van der Waals surface area contributed by atoms with Crippen LogP contribution in [0.4, 0.5) is 0 Å². The quantitative estimate of drug-likeness (QED) is 0.762. The van der Waals surface area contributed by atoms with Crippen molar-refractivity contribution in [2.45, 2.75) is 58.4 Å². The Labute approximate surface area is 110 Å². The van der Waals surface area contributed by atoms with E-state index in [0.29, 0.717) is 11.5 Å². The van der Waals surface area contributed by atoms with Gasteiger partial charge in [0.2, 0.25) is 5.91 Å². The summed E-state index contributed by atoms with van der Waals surface area (Å²) in [6, 6.07) is 0.342. The molecule has 1 amide bonds. The van der Waals surface area contributed by atoms with Gasteiger partial charge in [0, 0.05) is 6.04 Å². The molecule has 18 heavy (non-hydrogen) atoms. The van der Waals surface area contributed by atoms with Crippen molar-refractivity contribution in [1.29, 1.82) is 0 Å². The highest BCUT2D eigenvalue weighted by molar-refractivity contribution is 5.87. The van der Waals surface area contributed by atoms with E-state index in [-0.39, 0.29) is 5.91 Å². The zero-order valence-electron chi connectivity index (χ0n) is 11.6. The number of carbonyl (C=O) groups is 1. The van der Waals surface area contributed by atoms with E-state index >= 15 is 0 Å². The van der Waals surface area contributed by atoms with Crippen molar-refractivity contribution in [3.8, 4) is 0 Å². The molecule has 0 aliphatic heterocycles. The Morgan fingerprint density at radius 2 is 1.67 bits per heavy atom. The molecule has 0 radical (unpaired) electrons. The van der Waals surface area contributed by atoms with E-state index in [2.05, 4.69) is 12.2 Å². The fraction of sp³-hybridized carbons (Fsp3) is 0.812. The lowest BCUT2D eigenvalue weighted by Gasteiger charge is -2.59. The van der Waals surface area contributed by atoms with Crippen molar-refractivity contribution in [3.05, 3.63) is 12.2 Å². The number of allylic oxidation sites excluding steroid dienone is 1. The van der Waals surface area contributed by atoms with E-state index in [1.165, 1.54) is 38.5 Å². The first-order valence-corrected chi connectivity index (χ1v) is 7.54. The number of hydrogen-bond acceptors (Lipinski definition) is 1. The molecule has 0 saturated heterocycles. The van der Waals surface area contributed by atoms with E-state index in [1.807, 2.05) is 13.0 Å². The second-order valence-electron chi connectivity index (χ2n) is 7.01. The molecule has 0 aromatic heterocycles. The average Bonchev–Trinajstić information content (AvgIpc) is 2.27. The predicted molar refractivity (Wildman–Crippen MR) is 73.0 cm³/mol. The minimum absolute atomic E-state index is 0.0840. The maximum absolute atomic E-state index is 11.7. The Balaban J connectivity index is 1.72. The molecule has 4 saturated carbocycles. The number of carbonyl (C=O) groups excluding carboxylic acids is 1. The van der Waals surface area contributed by atoms with E-state index in [4.69, 9.17) is 0 Å². The highest BCUT2D eigenvalue weighted by Gasteiger charge is 2.53. The first-order valence-electron chi connectivity index (χ1n) is 7.54. The molecule has 0 spiro atoms. The molecule has 0 heterocycles. The maximum Gasteiger partial charge on any atom is 0.243 e. The molecule has 4 rings (SSSR count). The predicted octanol–water partition coefficient (Wildman–Crippen LogP) is 3.28. The van der Waals surface area contributed by atoms with Crippen LogP contribution in [0.5, 0.6) is 0 Å². The van der Waals surface area contributed by atoms with Crippen molar-refractivity contribution < 1.29 is 4.79 Å². The van der Waals surface area contributed by atoms with Crippen LogP contribution in [0.25, 0.3) is 0 Å². The number of rotatable bonds is 3. The molecule has 1 N–H and O–H groups in total. The Bertz CT molecular complexity index is 336. The molecular formula is C16H25NO. The summed E-state index contributed by atoms with van der Waals surface area (Å²) in [5.41, 5.74) is 0.423. The van der Waals surface area contributed by atoms with Crippen LogP contribution in [0.1, 0.15) is 52.4 Å². The second kappa shape index (κ2) is 4.40. The normalized spacial score (nSPS) is 43.3. The smallest absolute Gasteiger partial charge is 0.243 e. The summed E-state index contributed by atoms with van der Waals surface area (Å²) in [5, 5.41) is 3.21. The molecule has 1 atom stereocenters. The Hall–Kier alpha value is -0.790. The van der Waals surface area contributed by atoms with Gasteiger partial charge in [-0.2, -0.15) is 0 Å². The Kier molecular flexibility index (Phi) is 2.99. The van der Waals surface area contributed by atoms with Gasteiger partial charge in [-0.25, -0.2) is 0 Å². The summed E-state index contributed by atoms with van der Waals surface area (Å²) in [4.78, 5) is 11.7. The summed E-state index contributed by atoms with van der Waals surface area (Å²) < 4.78 is 0. The zero-order chi connectivity index (χ0) is 12.8. The van der Waals surface area contributed by atoms with Crippen LogP contribution in [0, 0.1) is 23.2 Å². The zero-order valence-corrected chi connectivity index (χ0v) is 11.6. The van der Waals surface area contributed by atoms with Crippen LogP contribution >= 0.6 is 0 Å². The number of amides is 1. The van der Waals surface area contributed by atoms with Crippen LogP contribution in [-0.4, -0.2) is 11.9 Å². The van der Waals surface area contributed by atoms with Gasteiger partial charge >= 0.3 is 0 Å². The number of nitrogens with one attached hydrogen (secondary N) is 1. The molecule has 4 bridgehead atoms. The van der Waals surface area contributed by atoms with Gasteiger partial charge in [0.15, 0.2) is 0 Å². The standard InChI is InChI=1S/C16H25NO/c1-3-4-15(18)17-11(2)16-8-12-5-13(9-16)7-14(6-12)10-16/h3-4,11-14H,5-10H2,1-2H3,(H,17,18). The Morgan fingerprint density at radius 3 is 2.11 bits per heavy atom. The van der Waals surface area contributed by atoms with Crippen LogP contribution < -0.4 is 5.32 Å². The van der Waals surface area contributed by atoms with Crippen molar-refractivity contribution in [3.63, 3.8) is 0 Å². The first kappa shape index (κ1) is 12.3. The van der Waals surface area contributed by atoms with Crippen molar-refractivity contribution >= 4 is 5.91 Å². The third-order valence-electron chi connectivity index (χ3n) is 5.68. The van der Waals surface area contributed by atoms with Crippen LogP contribution in [-0.2, 0) is 4.79 Å². The Morgan fingerprint density at radius 1 is 1.17 bits per heavy atom. The van der Waals surface area contributed by atoms with Crippen LogP contribution in [0.3, 0.4) is 0 Å². The highest BCUT2D eigenvalue weighted by Crippen LogP contribution is 2.61. The summed E-state index contributed by atoms with van der Waals surface area (Å²) in [7, 11) is 0. The largest absolute Gasteiger partial charge is 0.350 e. The maximum atomic E-state index is 11.7. The second-order valence-corrected chi connectivity index (χ2v) is 7.01. The molecule has 0 aromatic carbocycles. The van der Waals surface area contributed by atoms with E-state index < -0.39 is 0 Å². The molecule has 4 fully saturated rings. The lowest BCUT2D eigenvalue weighted by molar-refractivity contribution is -0.121. The first-order chi connectivity index (χ1) is 8.61. The van der Waals surface area contributed by atoms with Crippen molar-refractivity contribution in [1.82, 2.24) is 5.32 Å². The van der Waals surface area contributed by atoms with E-state index in [9.17, 15) is 4.79 Å². The molecule has 1 unspecified atom stereocenters. The lowest BCUT2D eigenvalue weighted by atomic mass is 9.48. The van der Waals surface area contributed by atoms with Gasteiger partial charge in [-0.05, 0) is 81.6 Å². The molecule has 0 aromatic rings. The monoisotopic (exact) mass is 247 g/mol. The molecule has 2 heteroatoms. The summed E-state index contributed by atoms with van der Waals surface area (Å²) >= 11 is 0. The van der Waals surface area contributed by atoms with E-state index in [1.54, 1.807) is 6.08 Å². The fourth-order valence-corrected chi connectivity index (χ4v) is 5.27. The van der Waals surface area contributed by atoms with Gasteiger partial charge in [0.25, 0.3) is 0 Å².